The van der Waals surface area contributed by atoms with Gasteiger partial charge in [0.25, 0.3) is 0 Å². The van der Waals surface area contributed by atoms with Crippen LogP contribution in [-0.4, -0.2) is 25.9 Å². The number of ether oxygens (including phenoxy) is 2. The van der Waals surface area contributed by atoms with E-state index in [2.05, 4.69) is 5.32 Å². The van der Waals surface area contributed by atoms with Crippen LogP contribution in [0.2, 0.25) is 0 Å². The van der Waals surface area contributed by atoms with Crippen molar-refractivity contribution in [3.63, 3.8) is 0 Å². The second kappa shape index (κ2) is 5.68. The lowest BCUT2D eigenvalue weighted by Gasteiger charge is -2.33. The van der Waals surface area contributed by atoms with Gasteiger partial charge in [0.2, 0.25) is 0 Å². The second-order valence-corrected chi connectivity index (χ2v) is 4.30. The molecule has 0 bridgehead atoms. The molecule has 0 radical (unpaired) electrons. The summed E-state index contributed by atoms with van der Waals surface area (Å²) in [5, 5.41) is 3.11. The van der Waals surface area contributed by atoms with Crippen molar-refractivity contribution < 1.29 is 14.3 Å². The monoisotopic (exact) mass is 235 g/mol. The average molecular weight is 235 g/mol. The van der Waals surface area contributed by atoms with Crippen molar-refractivity contribution in [2.45, 2.75) is 18.9 Å². The maximum Gasteiger partial charge on any atom is 0.514 e. The molecule has 4 heteroatoms. The normalized spacial score (nSPS) is 22.6. The molecule has 1 saturated carbocycles. The lowest BCUT2D eigenvalue weighted by Crippen LogP contribution is -2.38. The maximum absolute atomic E-state index is 11.4. The molecule has 0 aromatic heterocycles. The third kappa shape index (κ3) is 3.46. The molecule has 1 aromatic rings. The largest absolute Gasteiger partial charge is 0.514 e. The summed E-state index contributed by atoms with van der Waals surface area (Å²) in [6, 6.07) is 8.95. The third-order valence-electron chi connectivity index (χ3n) is 2.89. The Morgan fingerprint density at radius 3 is 2.71 bits per heavy atom. The van der Waals surface area contributed by atoms with E-state index in [0.29, 0.717) is 11.7 Å². The molecule has 0 heterocycles. The zero-order chi connectivity index (χ0) is 12.1. The number of rotatable bonds is 4. The third-order valence-corrected chi connectivity index (χ3v) is 2.89. The summed E-state index contributed by atoms with van der Waals surface area (Å²) >= 11 is 0. The maximum atomic E-state index is 11.4. The highest BCUT2D eigenvalue weighted by Gasteiger charge is 2.32. The van der Waals surface area contributed by atoms with Crippen LogP contribution in [0.25, 0.3) is 0 Å². The first-order chi connectivity index (χ1) is 8.28. The van der Waals surface area contributed by atoms with Gasteiger partial charge in [-0.1, -0.05) is 18.2 Å². The van der Waals surface area contributed by atoms with Crippen molar-refractivity contribution in [2.24, 2.45) is 5.92 Å². The van der Waals surface area contributed by atoms with Gasteiger partial charge < -0.3 is 14.8 Å². The number of carbonyl (C=O) groups excluding carboxylic acids is 1. The predicted molar refractivity (Wildman–Crippen MR) is 64.0 cm³/mol. The van der Waals surface area contributed by atoms with Crippen molar-refractivity contribution in [1.82, 2.24) is 5.32 Å². The van der Waals surface area contributed by atoms with Gasteiger partial charge in [-0.3, -0.25) is 0 Å². The van der Waals surface area contributed by atoms with Gasteiger partial charge in [-0.25, -0.2) is 4.79 Å². The van der Waals surface area contributed by atoms with Crippen molar-refractivity contribution in [1.29, 1.82) is 0 Å². The molecule has 0 aliphatic heterocycles. The van der Waals surface area contributed by atoms with Crippen LogP contribution in [0.5, 0.6) is 5.75 Å². The fourth-order valence-electron chi connectivity index (χ4n) is 1.97. The van der Waals surface area contributed by atoms with Crippen LogP contribution in [0.4, 0.5) is 4.79 Å². The van der Waals surface area contributed by atoms with E-state index in [9.17, 15) is 4.79 Å². The van der Waals surface area contributed by atoms with Gasteiger partial charge in [0, 0.05) is 0 Å². The van der Waals surface area contributed by atoms with E-state index >= 15 is 0 Å². The van der Waals surface area contributed by atoms with E-state index in [-0.39, 0.29) is 6.10 Å². The zero-order valence-corrected chi connectivity index (χ0v) is 9.89. The summed E-state index contributed by atoms with van der Waals surface area (Å²) in [5.74, 6) is 1.14. The highest BCUT2D eigenvalue weighted by molar-refractivity contribution is 5.64. The quantitative estimate of drug-likeness (QED) is 0.642. The number of para-hydroxylation sites is 1. The molecule has 17 heavy (non-hydrogen) atoms. The highest BCUT2D eigenvalue weighted by Crippen LogP contribution is 2.29. The number of carbonyl (C=O) groups is 1. The van der Waals surface area contributed by atoms with E-state index in [0.717, 1.165) is 19.4 Å². The molecule has 4 nitrogen and oxygen atoms in total. The molecule has 1 aliphatic rings. The summed E-state index contributed by atoms with van der Waals surface area (Å²) < 4.78 is 10.2. The Hall–Kier alpha value is -1.55. The Morgan fingerprint density at radius 1 is 1.35 bits per heavy atom. The summed E-state index contributed by atoms with van der Waals surface area (Å²) in [4.78, 5) is 11.4. The van der Waals surface area contributed by atoms with Crippen LogP contribution >= 0.6 is 0 Å². The van der Waals surface area contributed by atoms with Gasteiger partial charge in [0.1, 0.15) is 11.9 Å². The minimum Gasteiger partial charge on any atom is -0.431 e. The lowest BCUT2D eigenvalue weighted by molar-refractivity contribution is -0.00450. The highest BCUT2D eigenvalue weighted by atomic mass is 16.7. The van der Waals surface area contributed by atoms with E-state index in [1.165, 1.54) is 0 Å². The Morgan fingerprint density at radius 2 is 2.06 bits per heavy atom. The fraction of sp³-hybridized carbons (Fsp3) is 0.462. The van der Waals surface area contributed by atoms with Gasteiger partial charge in [-0.15, -0.1) is 0 Å². The van der Waals surface area contributed by atoms with Gasteiger partial charge >= 0.3 is 6.16 Å². The molecular weight excluding hydrogens is 218 g/mol. The summed E-state index contributed by atoms with van der Waals surface area (Å²) in [7, 11) is 1.93. The molecule has 1 N–H and O–H groups in total. The van der Waals surface area contributed by atoms with Gasteiger partial charge in [-0.05, 0) is 44.5 Å². The van der Waals surface area contributed by atoms with Crippen molar-refractivity contribution in [3.8, 4) is 5.75 Å². The van der Waals surface area contributed by atoms with Gasteiger partial charge in [0.15, 0.2) is 0 Å². The second-order valence-electron chi connectivity index (χ2n) is 4.30. The predicted octanol–water partition coefficient (Wildman–Crippen LogP) is 2.20. The van der Waals surface area contributed by atoms with Crippen LogP contribution in [0.15, 0.2) is 30.3 Å². The van der Waals surface area contributed by atoms with E-state index in [1.807, 2.05) is 25.2 Å². The molecule has 92 valence electrons. The van der Waals surface area contributed by atoms with Gasteiger partial charge in [0.05, 0.1) is 0 Å². The number of nitrogens with one attached hydrogen (secondary N) is 1. The van der Waals surface area contributed by atoms with Crippen molar-refractivity contribution >= 4 is 6.16 Å². The Bertz CT molecular complexity index is 360. The molecular formula is C13H17NO3. The summed E-state index contributed by atoms with van der Waals surface area (Å²) in [6.45, 7) is 0.980. The number of hydrogen-bond acceptors (Lipinski definition) is 4. The SMILES string of the molecule is CNCC1CC(OC(=O)Oc2ccccc2)C1. The van der Waals surface area contributed by atoms with Gasteiger partial charge in [-0.2, -0.15) is 0 Å². The molecule has 1 fully saturated rings. The molecule has 2 rings (SSSR count). The van der Waals surface area contributed by atoms with Crippen molar-refractivity contribution in [3.05, 3.63) is 30.3 Å². The summed E-state index contributed by atoms with van der Waals surface area (Å²) in [5.41, 5.74) is 0. The standard InChI is InChI=1S/C13H17NO3/c1-14-9-10-7-12(8-10)17-13(15)16-11-5-3-2-4-6-11/h2-6,10,12,14H,7-9H2,1H3. The average Bonchev–Trinajstić information content (AvgIpc) is 2.27. The molecule has 0 spiro atoms. The van der Waals surface area contributed by atoms with Crippen LogP contribution < -0.4 is 10.1 Å². The van der Waals surface area contributed by atoms with E-state index < -0.39 is 6.16 Å². The molecule has 0 unspecified atom stereocenters. The van der Waals surface area contributed by atoms with Crippen molar-refractivity contribution in [2.75, 3.05) is 13.6 Å². The lowest BCUT2D eigenvalue weighted by atomic mass is 9.82. The van der Waals surface area contributed by atoms with Crippen LogP contribution in [0.3, 0.4) is 0 Å². The topological polar surface area (TPSA) is 47.6 Å². The zero-order valence-electron chi connectivity index (χ0n) is 9.89. The fourth-order valence-corrected chi connectivity index (χ4v) is 1.97. The van der Waals surface area contributed by atoms with E-state index in [4.69, 9.17) is 9.47 Å². The summed E-state index contributed by atoms with van der Waals surface area (Å²) in [6.07, 6.45) is 1.25. The Labute approximate surface area is 101 Å². The number of hydrogen-bond donors (Lipinski definition) is 1. The first-order valence-corrected chi connectivity index (χ1v) is 5.86. The van der Waals surface area contributed by atoms with E-state index in [1.54, 1.807) is 12.1 Å². The molecule has 1 aliphatic carbocycles. The molecule has 1 aromatic carbocycles. The minimum atomic E-state index is -0.607. The minimum absolute atomic E-state index is 0.0181. The molecule has 0 saturated heterocycles. The Balaban J connectivity index is 1.69. The molecule has 0 atom stereocenters. The van der Waals surface area contributed by atoms with Crippen LogP contribution in [0.1, 0.15) is 12.8 Å². The van der Waals surface area contributed by atoms with Crippen LogP contribution in [-0.2, 0) is 4.74 Å². The first-order valence-electron chi connectivity index (χ1n) is 5.86. The number of benzene rings is 1. The van der Waals surface area contributed by atoms with Crippen LogP contribution in [0, 0.1) is 5.92 Å². The first kappa shape index (κ1) is 11.9. The Kier molecular flexibility index (Phi) is 3.98. The smallest absolute Gasteiger partial charge is 0.431 e. The molecule has 0 amide bonds.